The molecule has 0 spiro atoms. The minimum absolute atomic E-state index is 0.0444. The van der Waals surface area contributed by atoms with Crippen LogP contribution in [-0.4, -0.2) is 12.1 Å². The summed E-state index contributed by atoms with van der Waals surface area (Å²) in [6.07, 6.45) is 1.07. The number of hydrazone groups is 1. The Hall–Kier alpha value is -2.27. The zero-order valence-electron chi connectivity index (χ0n) is 10.1. The average Bonchev–Trinajstić information content (AvgIpc) is 2.42. The highest BCUT2D eigenvalue weighted by Gasteiger charge is 2.09. The molecule has 0 bridgehead atoms. The molecule has 2 aromatic carbocycles. The van der Waals surface area contributed by atoms with Crippen molar-refractivity contribution in [3.05, 3.63) is 70.2 Å². The van der Waals surface area contributed by atoms with Crippen LogP contribution in [0.5, 0.6) is 0 Å². The van der Waals surface area contributed by atoms with Gasteiger partial charge in [0.15, 0.2) is 0 Å². The van der Waals surface area contributed by atoms with Crippen molar-refractivity contribution >= 4 is 23.7 Å². The molecule has 3 nitrogen and oxygen atoms in total. The van der Waals surface area contributed by atoms with Crippen LogP contribution in [0.25, 0.3) is 0 Å². The Bertz CT molecular complexity index is 654. The molecule has 0 heterocycles. The van der Waals surface area contributed by atoms with E-state index in [9.17, 15) is 13.6 Å². The van der Waals surface area contributed by atoms with Gasteiger partial charge in [-0.1, -0.05) is 29.8 Å². The molecule has 20 heavy (non-hydrogen) atoms. The fraction of sp³-hybridized carbons (Fsp3) is 0. The third-order valence-electron chi connectivity index (χ3n) is 2.48. The molecule has 0 unspecified atom stereocenters. The Balaban J connectivity index is 2.11. The van der Waals surface area contributed by atoms with E-state index in [1.54, 1.807) is 0 Å². The molecule has 0 aliphatic rings. The first kappa shape index (κ1) is 14.1. The first-order valence-electron chi connectivity index (χ1n) is 5.61. The van der Waals surface area contributed by atoms with Gasteiger partial charge in [0, 0.05) is 5.56 Å². The van der Waals surface area contributed by atoms with Gasteiger partial charge in [0.1, 0.15) is 11.6 Å². The lowest BCUT2D eigenvalue weighted by Gasteiger charge is -2.02. The van der Waals surface area contributed by atoms with E-state index in [2.05, 4.69) is 10.5 Å². The molecule has 0 aliphatic carbocycles. The number of hydrogen-bond donors (Lipinski definition) is 1. The smallest absolute Gasteiger partial charge is 0.267 e. The molecule has 0 radical (unpaired) electrons. The number of hydrogen-bond acceptors (Lipinski definition) is 2. The number of rotatable bonds is 3. The third kappa shape index (κ3) is 3.19. The number of carbonyl (C=O) groups is 1. The second-order valence-corrected chi connectivity index (χ2v) is 4.22. The lowest BCUT2D eigenvalue weighted by molar-refractivity contribution is 0.0951. The standard InChI is InChI=1S/C14H9ClF2N2O/c15-11-5-3-7-13(17)10(11)8-18-19-14(20)9-4-1-2-6-12(9)16/h1-8H,(H,19,20)/b18-8+. The predicted octanol–water partition coefficient (Wildman–Crippen LogP) is 3.38. The molecule has 2 rings (SSSR count). The minimum atomic E-state index is -0.730. The van der Waals surface area contributed by atoms with Gasteiger partial charge >= 0.3 is 0 Å². The molecular weight excluding hydrogens is 286 g/mol. The third-order valence-corrected chi connectivity index (χ3v) is 2.81. The van der Waals surface area contributed by atoms with Crippen LogP contribution in [-0.2, 0) is 0 Å². The van der Waals surface area contributed by atoms with Gasteiger partial charge in [0.05, 0.1) is 16.8 Å². The summed E-state index contributed by atoms with van der Waals surface area (Å²) in [5, 5.41) is 3.73. The van der Waals surface area contributed by atoms with E-state index in [-0.39, 0.29) is 16.1 Å². The molecule has 2 aromatic rings. The highest BCUT2D eigenvalue weighted by Crippen LogP contribution is 2.16. The van der Waals surface area contributed by atoms with Gasteiger partial charge in [-0.15, -0.1) is 0 Å². The number of carbonyl (C=O) groups excluding carboxylic acids is 1. The van der Waals surface area contributed by atoms with Gasteiger partial charge in [-0.3, -0.25) is 4.79 Å². The molecule has 0 aliphatic heterocycles. The molecule has 0 fully saturated rings. The predicted molar refractivity (Wildman–Crippen MR) is 72.9 cm³/mol. The van der Waals surface area contributed by atoms with Crippen molar-refractivity contribution in [1.82, 2.24) is 5.43 Å². The van der Waals surface area contributed by atoms with Gasteiger partial charge in [0.25, 0.3) is 5.91 Å². The monoisotopic (exact) mass is 294 g/mol. The number of benzene rings is 2. The summed E-state index contributed by atoms with van der Waals surface area (Å²) >= 11 is 5.78. The zero-order chi connectivity index (χ0) is 14.5. The molecule has 6 heteroatoms. The van der Waals surface area contributed by atoms with E-state index in [1.165, 1.54) is 36.4 Å². The van der Waals surface area contributed by atoms with E-state index < -0.39 is 17.5 Å². The summed E-state index contributed by atoms with van der Waals surface area (Å²) in [4.78, 5) is 11.6. The van der Waals surface area contributed by atoms with Crippen molar-refractivity contribution < 1.29 is 13.6 Å². The Morgan fingerprint density at radius 1 is 1.10 bits per heavy atom. The van der Waals surface area contributed by atoms with Gasteiger partial charge in [-0.05, 0) is 24.3 Å². The summed E-state index contributed by atoms with van der Waals surface area (Å²) in [6, 6.07) is 9.62. The zero-order valence-corrected chi connectivity index (χ0v) is 10.9. The fourth-order valence-electron chi connectivity index (χ4n) is 1.50. The Kier molecular flexibility index (Phi) is 4.42. The molecule has 0 saturated carbocycles. The molecule has 0 atom stereocenters. The van der Waals surface area contributed by atoms with Crippen molar-refractivity contribution in [2.75, 3.05) is 0 Å². The first-order valence-corrected chi connectivity index (χ1v) is 5.99. The maximum Gasteiger partial charge on any atom is 0.274 e. The van der Waals surface area contributed by atoms with Crippen LogP contribution in [0.2, 0.25) is 5.02 Å². The Morgan fingerprint density at radius 3 is 2.50 bits per heavy atom. The van der Waals surface area contributed by atoms with Crippen LogP contribution in [0.3, 0.4) is 0 Å². The number of halogens is 3. The molecule has 1 N–H and O–H groups in total. The van der Waals surface area contributed by atoms with Gasteiger partial charge in [-0.25, -0.2) is 14.2 Å². The fourth-order valence-corrected chi connectivity index (χ4v) is 1.71. The molecule has 1 amide bonds. The molecule has 102 valence electrons. The minimum Gasteiger partial charge on any atom is -0.267 e. The summed E-state index contributed by atoms with van der Waals surface area (Å²) < 4.78 is 26.7. The van der Waals surface area contributed by atoms with Crippen LogP contribution >= 0.6 is 11.6 Å². The molecular formula is C14H9ClF2N2O. The van der Waals surface area contributed by atoms with Gasteiger partial charge < -0.3 is 0 Å². The van der Waals surface area contributed by atoms with Crippen molar-refractivity contribution in [3.8, 4) is 0 Å². The Morgan fingerprint density at radius 2 is 1.80 bits per heavy atom. The number of nitrogens with one attached hydrogen (secondary N) is 1. The summed E-state index contributed by atoms with van der Waals surface area (Å²) in [7, 11) is 0. The highest BCUT2D eigenvalue weighted by molar-refractivity contribution is 6.33. The van der Waals surface area contributed by atoms with Crippen LogP contribution in [0.1, 0.15) is 15.9 Å². The topological polar surface area (TPSA) is 41.5 Å². The maximum atomic E-state index is 13.4. The van der Waals surface area contributed by atoms with E-state index in [1.807, 2.05) is 0 Å². The lowest BCUT2D eigenvalue weighted by Crippen LogP contribution is -2.19. The van der Waals surface area contributed by atoms with Crippen LogP contribution in [0.15, 0.2) is 47.6 Å². The second kappa shape index (κ2) is 6.25. The second-order valence-electron chi connectivity index (χ2n) is 3.81. The van der Waals surface area contributed by atoms with Gasteiger partial charge in [0.2, 0.25) is 0 Å². The van der Waals surface area contributed by atoms with Crippen LogP contribution < -0.4 is 5.43 Å². The summed E-state index contributed by atoms with van der Waals surface area (Å²) in [6.45, 7) is 0. The lowest BCUT2D eigenvalue weighted by atomic mass is 10.2. The highest BCUT2D eigenvalue weighted by atomic mass is 35.5. The number of amides is 1. The van der Waals surface area contributed by atoms with E-state index >= 15 is 0 Å². The largest absolute Gasteiger partial charge is 0.274 e. The van der Waals surface area contributed by atoms with Crippen LogP contribution in [0, 0.1) is 11.6 Å². The van der Waals surface area contributed by atoms with Crippen molar-refractivity contribution in [3.63, 3.8) is 0 Å². The SMILES string of the molecule is O=C(N/N=C/c1c(F)cccc1Cl)c1ccccc1F. The maximum absolute atomic E-state index is 13.4. The number of nitrogens with zero attached hydrogens (tertiary/aromatic N) is 1. The Labute approximate surface area is 118 Å². The quantitative estimate of drug-likeness (QED) is 0.684. The summed E-state index contributed by atoms with van der Waals surface area (Å²) in [5.41, 5.74) is 2.00. The average molecular weight is 295 g/mol. The van der Waals surface area contributed by atoms with E-state index in [0.29, 0.717) is 0 Å². The van der Waals surface area contributed by atoms with Crippen molar-refractivity contribution in [2.24, 2.45) is 5.10 Å². The first-order chi connectivity index (χ1) is 9.59. The van der Waals surface area contributed by atoms with E-state index in [0.717, 1.165) is 12.3 Å². The van der Waals surface area contributed by atoms with Crippen LogP contribution in [0.4, 0.5) is 8.78 Å². The van der Waals surface area contributed by atoms with Crippen molar-refractivity contribution in [2.45, 2.75) is 0 Å². The van der Waals surface area contributed by atoms with Gasteiger partial charge in [-0.2, -0.15) is 5.10 Å². The summed E-state index contributed by atoms with van der Waals surface area (Å²) in [5.74, 6) is -1.96. The normalized spacial score (nSPS) is 10.8. The van der Waals surface area contributed by atoms with Crippen molar-refractivity contribution in [1.29, 1.82) is 0 Å². The molecule has 0 aromatic heterocycles. The van der Waals surface area contributed by atoms with E-state index in [4.69, 9.17) is 11.6 Å². The molecule has 0 saturated heterocycles.